The van der Waals surface area contributed by atoms with Crippen molar-refractivity contribution in [2.75, 3.05) is 0 Å². The van der Waals surface area contributed by atoms with Crippen LogP contribution in [0.15, 0.2) is 30.9 Å². The molecule has 1 heterocycles. The Hall–Kier alpha value is -1.57. The topological polar surface area (TPSA) is 26.3 Å². The van der Waals surface area contributed by atoms with Gasteiger partial charge in [-0.1, -0.05) is 12.7 Å². The first kappa shape index (κ1) is 9.00. The predicted molar refractivity (Wildman–Crippen MR) is 54.8 cm³/mol. The molecule has 1 aliphatic heterocycles. The highest BCUT2D eigenvalue weighted by atomic mass is 16.5. The lowest BCUT2D eigenvalue weighted by Crippen LogP contribution is -2.07. The van der Waals surface area contributed by atoms with Crippen LogP contribution in [0.1, 0.15) is 22.8 Å². The van der Waals surface area contributed by atoms with Crippen molar-refractivity contribution < 1.29 is 9.53 Å². The molecule has 2 rings (SSSR count). The first-order valence-electron chi connectivity index (χ1n) is 4.64. The van der Waals surface area contributed by atoms with E-state index < -0.39 is 0 Å². The third-order valence-electron chi connectivity index (χ3n) is 2.43. The second kappa shape index (κ2) is 3.29. The molecule has 2 nitrogen and oxygen atoms in total. The monoisotopic (exact) mass is 188 g/mol. The Kier molecular flexibility index (Phi) is 2.12. The Bertz CT molecular complexity index is 393. The predicted octanol–water partition coefficient (Wildman–Crippen LogP) is 2.38. The minimum atomic E-state index is 0.0622. The number of hydrogen-bond donors (Lipinski definition) is 0. The number of ether oxygens (including phenoxy) is 1. The quantitative estimate of drug-likeness (QED) is 0.526. The molecular formula is C12H12O2. The fraction of sp³-hybridized carbons (Fsp3) is 0.250. The minimum absolute atomic E-state index is 0.0622. The Balaban J connectivity index is 2.35. The summed E-state index contributed by atoms with van der Waals surface area (Å²) in [6.07, 6.45) is 2.67. The number of benzene rings is 1. The number of ketones is 1. The van der Waals surface area contributed by atoms with Gasteiger partial charge in [0.15, 0.2) is 5.78 Å². The van der Waals surface area contributed by atoms with Crippen molar-refractivity contribution in [3.05, 3.63) is 42.0 Å². The van der Waals surface area contributed by atoms with Gasteiger partial charge in [0.1, 0.15) is 11.9 Å². The van der Waals surface area contributed by atoms with Crippen molar-refractivity contribution in [1.29, 1.82) is 0 Å². The van der Waals surface area contributed by atoms with Gasteiger partial charge in [0.05, 0.1) is 0 Å². The van der Waals surface area contributed by atoms with E-state index in [1.165, 1.54) is 0 Å². The molecule has 1 unspecified atom stereocenters. The van der Waals surface area contributed by atoms with Gasteiger partial charge < -0.3 is 4.74 Å². The maximum absolute atomic E-state index is 11.1. The van der Waals surface area contributed by atoms with Gasteiger partial charge in [-0.15, -0.1) is 0 Å². The summed E-state index contributed by atoms with van der Waals surface area (Å²) in [6, 6.07) is 5.56. The smallest absolute Gasteiger partial charge is 0.159 e. The molecule has 0 amide bonds. The Labute approximate surface area is 83.2 Å². The summed E-state index contributed by atoms with van der Waals surface area (Å²) >= 11 is 0. The largest absolute Gasteiger partial charge is 0.486 e. The summed E-state index contributed by atoms with van der Waals surface area (Å²) < 4.78 is 5.56. The van der Waals surface area contributed by atoms with Crippen LogP contribution in [-0.4, -0.2) is 11.9 Å². The molecule has 1 aromatic carbocycles. The number of fused-ring (bicyclic) bond motifs is 1. The van der Waals surface area contributed by atoms with Crippen molar-refractivity contribution in [3.63, 3.8) is 0 Å². The molecule has 1 aliphatic rings. The first-order valence-corrected chi connectivity index (χ1v) is 4.64. The normalized spacial score (nSPS) is 18.5. The van der Waals surface area contributed by atoms with Gasteiger partial charge in [0.2, 0.25) is 0 Å². The van der Waals surface area contributed by atoms with E-state index in [1.54, 1.807) is 19.1 Å². The molecule has 0 radical (unpaired) electrons. The van der Waals surface area contributed by atoms with Gasteiger partial charge in [0.25, 0.3) is 0 Å². The number of carbonyl (C=O) groups is 1. The van der Waals surface area contributed by atoms with E-state index in [1.807, 2.05) is 12.1 Å². The third-order valence-corrected chi connectivity index (χ3v) is 2.43. The molecule has 0 saturated heterocycles. The van der Waals surface area contributed by atoms with Crippen molar-refractivity contribution in [2.24, 2.45) is 0 Å². The van der Waals surface area contributed by atoms with Gasteiger partial charge in [0, 0.05) is 12.0 Å². The van der Waals surface area contributed by atoms with E-state index >= 15 is 0 Å². The van der Waals surface area contributed by atoms with E-state index in [2.05, 4.69) is 6.58 Å². The van der Waals surface area contributed by atoms with Crippen LogP contribution in [0.25, 0.3) is 0 Å². The molecule has 0 N–H and O–H groups in total. The van der Waals surface area contributed by atoms with Gasteiger partial charge in [-0.05, 0) is 30.7 Å². The van der Waals surface area contributed by atoms with Crippen LogP contribution in [0, 0.1) is 0 Å². The lowest BCUT2D eigenvalue weighted by atomic mass is 10.0. The molecule has 1 atom stereocenters. The summed E-state index contributed by atoms with van der Waals surface area (Å²) in [5.41, 5.74) is 1.85. The van der Waals surface area contributed by atoms with Crippen molar-refractivity contribution in [2.45, 2.75) is 19.4 Å². The zero-order chi connectivity index (χ0) is 10.1. The van der Waals surface area contributed by atoms with E-state index in [-0.39, 0.29) is 11.9 Å². The Morgan fingerprint density at radius 3 is 3.07 bits per heavy atom. The molecule has 72 valence electrons. The van der Waals surface area contributed by atoms with Crippen molar-refractivity contribution in [3.8, 4) is 5.75 Å². The number of Topliss-reactive ketones (excluding diaryl/α,β-unsaturated/α-hetero) is 1. The molecule has 14 heavy (non-hydrogen) atoms. The Morgan fingerprint density at radius 1 is 1.64 bits per heavy atom. The highest BCUT2D eigenvalue weighted by molar-refractivity contribution is 5.94. The average Bonchev–Trinajstić information content (AvgIpc) is 2.58. The van der Waals surface area contributed by atoms with Gasteiger partial charge in [-0.3, -0.25) is 4.79 Å². The summed E-state index contributed by atoms with van der Waals surface area (Å²) in [6.45, 7) is 5.26. The van der Waals surface area contributed by atoms with E-state index in [0.717, 1.165) is 23.3 Å². The van der Waals surface area contributed by atoms with Crippen molar-refractivity contribution >= 4 is 5.78 Å². The zero-order valence-electron chi connectivity index (χ0n) is 8.12. The van der Waals surface area contributed by atoms with Crippen molar-refractivity contribution in [1.82, 2.24) is 0 Å². The van der Waals surface area contributed by atoms with E-state index in [4.69, 9.17) is 4.74 Å². The summed E-state index contributed by atoms with van der Waals surface area (Å²) in [7, 11) is 0. The molecule has 0 bridgehead atoms. The summed E-state index contributed by atoms with van der Waals surface area (Å²) in [4.78, 5) is 11.1. The number of hydrogen-bond acceptors (Lipinski definition) is 2. The second-order valence-corrected chi connectivity index (χ2v) is 3.47. The Morgan fingerprint density at radius 2 is 2.43 bits per heavy atom. The summed E-state index contributed by atoms with van der Waals surface area (Å²) in [5, 5.41) is 0. The van der Waals surface area contributed by atoms with Crippen LogP contribution in [0.4, 0.5) is 0 Å². The molecule has 2 heteroatoms. The highest BCUT2D eigenvalue weighted by Gasteiger charge is 2.20. The standard InChI is InChI=1S/C12H12O2/c1-3-11-7-10-6-9(8(2)13)4-5-12(10)14-11/h3-6,11H,1,7H2,2H3. The number of rotatable bonds is 2. The fourth-order valence-corrected chi connectivity index (χ4v) is 1.63. The maximum atomic E-state index is 11.1. The van der Waals surface area contributed by atoms with Crippen LogP contribution in [0.2, 0.25) is 0 Å². The van der Waals surface area contributed by atoms with Crippen LogP contribution in [0.3, 0.4) is 0 Å². The lowest BCUT2D eigenvalue weighted by molar-refractivity contribution is 0.101. The van der Waals surface area contributed by atoms with E-state index in [0.29, 0.717) is 0 Å². The molecule has 0 aromatic heterocycles. The zero-order valence-corrected chi connectivity index (χ0v) is 8.12. The molecular weight excluding hydrogens is 176 g/mol. The fourth-order valence-electron chi connectivity index (χ4n) is 1.63. The first-order chi connectivity index (χ1) is 6.70. The molecule has 1 aromatic rings. The summed E-state index contributed by atoms with van der Waals surface area (Å²) in [5.74, 6) is 0.967. The van der Waals surface area contributed by atoms with Gasteiger partial charge >= 0.3 is 0 Å². The van der Waals surface area contributed by atoms with Crippen LogP contribution in [0.5, 0.6) is 5.75 Å². The SMILES string of the molecule is C=CC1Cc2cc(C(C)=O)ccc2O1. The minimum Gasteiger partial charge on any atom is -0.486 e. The van der Waals surface area contributed by atoms with Crippen LogP contribution >= 0.6 is 0 Å². The van der Waals surface area contributed by atoms with Crippen LogP contribution < -0.4 is 4.74 Å². The molecule has 0 spiro atoms. The van der Waals surface area contributed by atoms with Crippen LogP contribution in [-0.2, 0) is 6.42 Å². The lowest BCUT2D eigenvalue weighted by Gasteiger charge is -2.02. The third kappa shape index (κ3) is 1.43. The highest BCUT2D eigenvalue weighted by Crippen LogP contribution is 2.29. The van der Waals surface area contributed by atoms with E-state index in [9.17, 15) is 4.79 Å². The average molecular weight is 188 g/mol. The number of carbonyl (C=O) groups excluding carboxylic acids is 1. The van der Waals surface area contributed by atoms with Gasteiger partial charge in [-0.2, -0.15) is 0 Å². The molecule has 0 saturated carbocycles. The second-order valence-electron chi connectivity index (χ2n) is 3.47. The molecule has 0 fully saturated rings. The van der Waals surface area contributed by atoms with Gasteiger partial charge in [-0.25, -0.2) is 0 Å². The maximum Gasteiger partial charge on any atom is 0.159 e. The molecule has 0 aliphatic carbocycles.